The van der Waals surface area contributed by atoms with Crippen molar-refractivity contribution in [3.63, 3.8) is 0 Å². The molecule has 164 valence electrons. The fourth-order valence-electron chi connectivity index (χ4n) is 3.82. The Bertz CT molecular complexity index is 1280. The summed E-state index contributed by atoms with van der Waals surface area (Å²) in [5.41, 5.74) is 4.53. The Morgan fingerprint density at radius 2 is 1.72 bits per heavy atom. The number of hydrogen-bond acceptors (Lipinski definition) is 5. The second kappa shape index (κ2) is 8.70. The number of benzene rings is 2. The number of hydrogen-bond donors (Lipinski definition) is 1. The van der Waals surface area contributed by atoms with E-state index in [4.69, 9.17) is 9.47 Å². The van der Waals surface area contributed by atoms with Crippen LogP contribution in [-0.4, -0.2) is 34.9 Å². The number of rotatable bonds is 6. The van der Waals surface area contributed by atoms with Crippen molar-refractivity contribution in [2.45, 2.75) is 26.8 Å². The van der Waals surface area contributed by atoms with Crippen molar-refractivity contribution in [1.82, 2.24) is 20.1 Å². The minimum absolute atomic E-state index is 0.182. The average molecular weight is 431 g/mol. The summed E-state index contributed by atoms with van der Waals surface area (Å²) in [6, 6.07) is 17.0. The maximum atomic E-state index is 13.3. The average Bonchev–Trinajstić information content (AvgIpc) is 3.14. The van der Waals surface area contributed by atoms with Gasteiger partial charge < -0.3 is 14.8 Å². The van der Waals surface area contributed by atoms with Crippen LogP contribution in [0.25, 0.3) is 16.7 Å². The fraction of sp³-hybridized carbons (Fsp3) is 0.240. The summed E-state index contributed by atoms with van der Waals surface area (Å²) < 4.78 is 12.5. The molecule has 0 radical (unpaired) electrons. The van der Waals surface area contributed by atoms with Gasteiger partial charge in [-0.15, -0.1) is 0 Å². The topological polar surface area (TPSA) is 78.3 Å². The van der Waals surface area contributed by atoms with Crippen LogP contribution in [0.15, 0.2) is 54.6 Å². The predicted octanol–water partition coefficient (Wildman–Crippen LogP) is 4.55. The Morgan fingerprint density at radius 3 is 2.41 bits per heavy atom. The quantitative estimate of drug-likeness (QED) is 0.486. The van der Waals surface area contributed by atoms with Gasteiger partial charge in [-0.05, 0) is 56.7 Å². The van der Waals surface area contributed by atoms with E-state index in [9.17, 15) is 4.79 Å². The van der Waals surface area contributed by atoms with Crippen LogP contribution in [0.3, 0.4) is 0 Å². The lowest BCUT2D eigenvalue weighted by molar-refractivity contribution is 0.0941. The molecule has 2 heterocycles. The first kappa shape index (κ1) is 21.4. The number of fused-ring (bicyclic) bond motifs is 1. The van der Waals surface area contributed by atoms with Crippen molar-refractivity contribution in [3.8, 4) is 17.2 Å². The van der Waals surface area contributed by atoms with E-state index in [-0.39, 0.29) is 11.9 Å². The lowest BCUT2D eigenvalue weighted by Gasteiger charge is -2.17. The van der Waals surface area contributed by atoms with Crippen molar-refractivity contribution in [1.29, 1.82) is 0 Å². The van der Waals surface area contributed by atoms with Gasteiger partial charge in [0.2, 0.25) is 0 Å². The largest absolute Gasteiger partial charge is 0.493 e. The van der Waals surface area contributed by atoms with Crippen molar-refractivity contribution < 1.29 is 14.3 Å². The molecule has 32 heavy (non-hydrogen) atoms. The van der Waals surface area contributed by atoms with Crippen LogP contribution >= 0.6 is 0 Å². The molecule has 4 aromatic rings. The molecule has 0 spiro atoms. The van der Waals surface area contributed by atoms with E-state index in [0.29, 0.717) is 22.7 Å². The maximum absolute atomic E-state index is 13.3. The molecule has 2 aromatic carbocycles. The number of methoxy groups -OCH3 is 2. The highest BCUT2D eigenvalue weighted by atomic mass is 16.5. The second-order valence-electron chi connectivity index (χ2n) is 7.65. The zero-order chi connectivity index (χ0) is 22.8. The normalized spacial score (nSPS) is 11.9. The van der Waals surface area contributed by atoms with Crippen LogP contribution in [0.5, 0.6) is 11.5 Å². The highest BCUT2D eigenvalue weighted by molar-refractivity contribution is 6.07. The number of para-hydroxylation sites is 1. The van der Waals surface area contributed by atoms with Crippen LogP contribution in [-0.2, 0) is 0 Å². The van der Waals surface area contributed by atoms with Crippen molar-refractivity contribution in [2.24, 2.45) is 0 Å². The van der Waals surface area contributed by atoms with Crippen LogP contribution in [0.1, 0.15) is 40.3 Å². The molecule has 0 aliphatic heterocycles. The third kappa shape index (κ3) is 3.89. The van der Waals surface area contributed by atoms with Crippen LogP contribution < -0.4 is 14.8 Å². The zero-order valence-corrected chi connectivity index (χ0v) is 18.8. The van der Waals surface area contributed by atoms with Gasteiger partial charge in [-0.1, -0.05) is 24.3 Å². The molecule has 7 nitrogen and oxygen atoms in total. The van der Waals surface area contributed by atoms with Gasteiger partial charge in [-0.3, -0.25) is 4.79 Å². The van der Waals surface area contributed by atoms with Gasteiger partial charge in [0, 0.05) is 5.69 Å². The number of nitrogens with zero attached hydrogens (tertiary/aromatic N) is 3. The van der Waals surface area contributed by atoms with Crippen LogP contribution in [0.2, 0.25) is 0 Å². The first-order valence-electron chi connectivity index (χ1n) is 10.4. The Balaban J connectivity index is 1.71. The summed E-state index contributed by atoms with van der Waals surface area (Å²) >= 11 is 0. The molecular formula is C25H26N4O3. The highest BCUT2D eigenvalue weighted by Crippen LogP contribution is 2.30. The molecule has 7 heteroatoms. The van der Waals surface area contributed by atoms with Crippen molar-refractivity contribution >= 4 is 16.9 Å². The van der Waals surface area contributed by atoms with Gasteiger partial charge in [-0.25, -0.2) is 9.67 Å². The summed E-state index contributed by atoms with van der Waals surface area (Å²) in [5, 5.41) is 8.51. The summed E-state index contributed by atoms with van der Waals surface area (Å²) in [6.07, 6.45) is 0. The molecule has 2 aromatic heterocycles. The van der Waals surface area contributed by atoms with Gasteiger partial charge in [0.05, 0.1) is 42.6 Å². The van der Waals surface area contributed by atoms with Gasteiger partial charge in [-0.2, -0.15) is 5.10 Å². The number of amides is 1. The molecule has 1 N–H and O–H groups in total. The molecule has 0 aliphatic rings. The van der Waals surface area contributed by atoms with Crippen molar-refractivity contribution in [3.05, 3.63) is 77.1 Å². The number of carbonyl (C=O) groups is 1. The molecule has 0 saturated carbocycles. The van der Waals surface area contributed by atoms with Gasteiger partial charge in [0.25, 0.3) is 5.91 Å². The number of aromatic nitrogens is 3. The molecule has 1 amide bonds. The highest BCUT2D eigenvalue weighted by Gasteiger charge is 2.21. The first-order valence-corrected chi connectivity index (χ1v) is 10.4. The summed E-state index contributed by atoms with van der Waals surface area (Å²) in [4.78, 5) is 18.0. The molecule has 0 aliphatic carbocycles. The van der Waals surface area contributed by atoms with Crippen LogP contribution in [0, 0.1) is 13.8 Å². The molecular weight excluding hydrogens is 404 g/mol. The molecule has 0 fully saturated rings. The minimum atomic E-state index is -0.240. The van der Waals surface area contributed by atoms with E-state index in [2.05, 4.69) is 15.4 Å². The monoisotopic (exact) mass is 430 g/mol. The number of pyridine rings is 1. The van der Waals surface area contributed by atoms with Crippen molar-refractivity contribution in [2.75, 3.05) is 14.2 Å². The Kier molecular flexibility index (Phi) is 5.81. The molecule has 1 unspecified atom stereocenters. The van der Waals surface area contributed by atoms with Gasteiger partial charge in [0.15, 0.2) is 17.1 Å². The van der Waals surface area contributed by atoms with E-state index in [1.54, 1.807) is 18.9 Å². The number of ether oxygens (including phenoxy) is 2. The predicted molar refractivity (Wildman–Crippen MR) is 124 cm³/mol. The smallest absolute Gasteiger partial charge is 0.252 e. The Labute approximate surface area is 187 Å². The maximum Gasteiger partial charge on any atom is 0.252 e. The fourth-order valence-corrected chi connectivity index (χ4v) is 3.82. The van der Waals surface area contributed by atoms with E-state index in [0.717, 1.165) is 28.0 Å². The third-order valence-corrected chi connectivity index (χ3v) is 5.44. The molecule has 4 rings (SSSR count). The summed E-state index contributed by atoms with van der Waals surface area (Å²) in [7, 11) is 3.19. The molecule has 0 saturated heterocycles. The van der Waals surface area contributed by atoms with E-state index in [1.165, 1.54) is 0 Å². The van der Waals surface area contributed by atoms with E-state index in [1.807, 2.05) is 75.4 Å². The molecule has 1 atom stereocenters. The number of carbonyl (C=O) groups excluding carboxylic acids is 1. The Hall–Kier alpha value is -3.87. The Morgan fingerprint density at radius 1 is 1.00 bits per heavy atom. The first-order chi connectivity index (χ1) is 15.4. The number of aryl methyl sites for hydroxylation is 2. The SMILES string of the molecule is COc1ccc(C(C)NC(=O)c2cc(C)nc3c2c(C)nn3-c2ccccc2)cc1OC. The van der Waals surface area contributed by atoms with Gasteiger partial charge in [0.1, 0.15) is 0 Å². The van der Waals surface area contributed by atoms with E-state index < -0.39 is 0 Å². The minimum Gasteiger partial charge on any atom is -0.493 e. The van der Waals surface area contributed by atoms with E-state index >= 15 is 0 Å². The lowest BCUT2D eigenvalue weighted by Crippen LogP contribution is -2.27. The lowest BCUT2D eigenvalue weighted by atomic mass is 10.1. The standard InChI is InChI=1S/C25H26N4O3/c1-15-13-20(23-17(3)28-29(24(23)26-15)19-9-7-6-8-10-19)25(30)27-16(2)18-11-12-21(31-4)22(14-18)32-5/h6-14,16H,1-5H3,(H,27,30). The number of nitrogens with one attached hydrogen (secondary N) is 1. The summed E-state index contributed by atoms with van der Waals surface area (Å²) in [5.74, 6) is 1.08. The molecule has 0 bridgehead atoms. The second-order valence-corrected chi connectivity index (χ2v) is 7.65. The van der Waals surface area contributed by atoms with Gasteiger partial charge >= 0.3 is 0 Å². The summed E-state index contributed by atoms with van der Waals surface area (Å²) in [6.45, 7) is 5.71. The third-order valence-electron chi connectivity index (χ3n) is 5.44. The zero-order valence-electron chi connectivity index (χ0n) is 18.8. The van der Waals surface area contributed by atoms with Crippen LogP contribution in [0.4, 0.5) is 0 Å².